The summed E-state index contributed by atoms with van der Waals surface area (Å²) in [6.45, 7) is -0.932. The molecule has 5 atom stereocenters. The number of rotatable bonds is 6. The average Bonchev–Trinajstić information content (AvgIpc) is 2.85. The van der Waals surface area contributed by atoms with Crippen molar-refractivity contribution in [3.05, 3.63) is 46.6 Å². The molecule has 1 saturated heterocycles. The van der Waals surface area contributed by atoms with Crippen molar-refractivity contribution in [3.63, 3.8) is 0 Å². The van der Waals surface area contributed by atoms with Crippen molar-refractivity contribution in [1.82, 2.24) is 0 Å². The molecule has 3 aromatic rings. The minimum absolute atomic E-state index is 0.0166. The van der Waals surface area contributed by atoms with Gasteiger partial charge in [0.2, 0.25) is 12.0 Å². The number of carbonyl (C=O) groups excluding carboxylic acids is 1. The summed E-state index contributed by atoms with van der Waals surface area (Å²) in [5.41, 5.74) is -0.535. The van der Waals surface area contributed by atoms with Gasteiger partial charge in [0, 0.05) is 17.7 Å². The molecule has 2 heterocycles. The molecule has 0 aliphatic carbocycles. The highest BCUT2D eigenvalue weighted by atomic mass is 16.7. The Kier molecular flexibility index (Phi) is 7.01. The second-order valence-electron chi connectivity index (χ2n) is 7.87. The van der Waals surface area contributed by atoms with E-state index in [0.29, 0.717) is 5.56 Å². The quantitative estimate of drug-likeness (QED) is 0.163. The third kappa shape index (κ3) is 4.65. The third-order valence-corrected chi connectivity index (χ3v) is 5.46. The van der Waals surface area contributed by atoms with Crippen LogP contribution in [0, 0.1) is 0 Å². The number of aliphatic hydroxyl groups is 4. The first-order valence-corrected chi connectivity index (χ1v) is 10.6. The molecule has 0 spiro atoms. The van der Waals surface area contributed by atoms with E-state index in [-0.39, 0.29) is 22.5 Å². The van der Waals surface area contributed by atoms with Crippen LogP contribution in [0.1, 0.15) is 0 Å². The zero-order chi connectivity index (χ0) is 26.1. The standard InChI is InChI=1S/C23H22O13/c24-5-6-33-22(32)21-19(30)18(29)20(31)23(36-21)35-14-8-13-15(17(28)16(14)27)11(26)7-12(34-13)9-1-3-10(25)4-2-9/h1-4,7-8,18-21,23-25,27-31H,5-6H2/t18-,19?,20?,21?,23?/m0/s1. The summed E-state index contributed by atoms with van der Waals surface area (Å²) >= 11 is 0. The molecule has 4 unspecified atom stereocenters. The summed E-state index contributed by atoms with van der Waals surface area (Å²) in [6.07, 6.45) is -9.45. The van der Waals surface area contributed by atoms with Gasteiger partial charge in [0.15, 0.2) is 23.0 Å². The normalized spacial score (nSPS) is 23.9. The lowest BCUT2D eigenvalue weighted by molar-refractivity contribution is -0.272. The lowest BCUT2D eigenvalue weighted by Gasteiger charge is -2.39. The van der Waals surface area contributed by atoms with Crippen molar-refractivity contribution >= 4 is 16.9 Å². The first-order chi connectivity index (χ1) is 17.1. The molecule has 192 valence electrons. The van der Waals surface area contributed by atoms with Crippen LogP contribution < -0.4 is 10.2 Å². The largest absolute Gasteiger partial charge is 0.508 e. The van der Waals surface area contributed by atoms with Crippen molar-refractivity contribution in [3.8, 4) is 34.3 Å². The molecule has 1 aliphatic rings. The molecule has 0 bridgehead atoms. The van der Waals surface area contributed by atoms with Gasteiger partial charge in [0.1, 0.15) is 47.4 Å². The maximum atomic E-state index is 12.6. The van der Waals surface area contributed by atoms with Crippen LogP contribution in [0.5, 0.6) is 23.0 Å². The van der Waals surface area contributed by atoms with Gasteiger partial charge in [-0.15, -0.1) is 0 Å². The van der Waals surface area contributed by atoms with Crippen LogP contribution in [0.3, 0.4) is 0 Å². The van der Waals surface area contributed by atoms with Crippen LogP contribution in [0.25, 0.3) is 22.3 Å². The first-order valence-electron chi connectivity index (χ1n) is 10.6. The van der Waals surface area contributed by atoms with Gasteiger partial charge in [0.05, 0.1) is 6.61 Å². The van der Waals surface area contributed by atoms with E-state index < -0.39 is 72.6 Å². The summed E-state index contributed by atoms with van der Waals surface area (Å²) in [5.74, 6) is -3.51. The molecule has 36 heavy (non-hydrogen) atoms. The fourth-order valence-corrected chi connectivity index (χ4v) is 3.62. The summed E-state index contributed by atoms with van der Waals surface area (Å²) < 4.78 is 21.0. The molecule has 0 saturated carbocycles. The van der Waals surface area contributed by atoms with Crippen molar-refractivity contribution in [2.75, 3.05) is 13.2 Å². The Morgan fingerprint density at radius 1 is 0.944 bits per heavy atom. The van der Waals surface area contributed by atoms with Gasteiger partial charge < -0.3 is 54.4 Å². The van der Waals surface area contributed by atoms with Gasteiger partial charge in [-0.25, -0.2) is 4.79 Å². The van der Waals surface area contributed by atoms with E-state index in [1.807, 2.05) is 0 Å². The smallest absolute Gasteiger partial charge is 0.338 e. The van der Waals surface area contributed by atoms with E-state index in [0.717, 1.165) is 12.1 Å². The summed E-state index contributed by atoms with van der Waals surface area (Å²) in [4.78, 5) is 24.8. The molecule has 0 radical (unpaired) electrons. The molecular weight excluding hydrogens is 484 g/mol. The average molecular weight is 506 g/mol. The zero-order valence-corrected chi connectivity index (χ0v) is 18.3. The van der Waals surface area contributed by atoms with Gasteiger partial charge in [-0.1, -0.05) is 0 Å². The van der Waals surface area contributed by atoms with E-state index in [1.54, 1.807) is 0 Å². The first kappa shape index (κ1) is 25.2. The Balaban J connectivity index is 1.70. The van der Waals surface area contributed by atoms with Gasteiger partial charge in [-0.2, -0.15) is 0 Å². The summed E-state index contributed by atoms with van der Waals surface area (Å²) in [5, 5.41) is 69.2. The second kappa shape index (κ2) is 10.0. The lowest BCUT2D eigenvalue weighted by atomic mass is 9.99. The lowest BCUT2D eigenvalue weighted by Crippen LogP contribution is -2.61. The number of esters is 1. The highest BCUT2D eigenvalue weighted by molar-refractivity contribution is 5.89. The fraction of sp³-hybridized carbons (Fsp3) is 0.304. The van der Waals surface area contributed by atoms with E-state index in [1.165, 1.54) is 24.3 Å². The van der Waals surface area contributed by atoms with Crippen LogP contribution in [0.4, 0.5) is 0 Å². The van der Waals surface area contributed by atoms with Crippen LogP contribution in [-0.2, 0) is 14.3 Å². The number of carbonyl (C=O) groups is 1. The SMILES string of the molecule is O=C(OCCO)C1OC(Oc2cc3oc(-c4ccc(O)cc4)cc(=O)c3c(O)c2O)C(O)[C@@H](O)C1O. The Labute approximate surface area is 201 Å². The number of fused-ring (bicyclic) bond motifs is 1. The van der Waals surface area contributed by atoms with Crippen molar-refractivity contribution in [2.24, 2.45) is 0 Å². The van der Waals surface area contributed by atoms with Crippen molar-refractivity contribution in [2.45, 2.75) is 30.7 Å². The molecule has 7 N–H and O–H groups in total. The number of hydrogen-bond acceptors (Lipinski definition) is 13. The van der Waals surface area contributed by atoms with Gasteiger partial charge in [-0.3, -0.25) is 4.79 Å². The number of hydrogen-bond donors (Lipinski definition) is 7. The molecule has 1 aromatic heterocycles. The van der Waals surface area contributed by atoms with Gasteiger partial charge in [-0.05, 0) is 24.3 Å². The number of aliphatic hydroxyl groups excluding tert-OH is 4. The number of aromatic hydroxyl groups is 3. The predicted octanol–water partition coefficient (Wildman–Crippen LogP) is -0.701. The highest BCUT2D eigenvalue weighted by Crippen LogP contribution is 2.42. The van der Waals surface area contributed by atoms with Crippen molar-refractivity contribution in [1.29, 1.82) is 0 Å². The van der Waals surface area contributed by atoms with Crippen LogP contribution in [0.2, 0.25) is 0 Å². The van der Waals surface area contributed by atoms with Gasteiger partial charge in [0.25, 0.3) is 0 Å². The van der Waals surface area contributed by atoms with E-state index in [9.17, 15) is 40.2 Å². The van der Waals surface area contributed by atoms with E-state index in [4.69, 9.17) is 19.0 Å². The highest BCUT2D eigenvalue weighted by Gasteiger charge is 2.49. The molecule has 4 rings (SSSR count). The van der Waals surface area contributed by atoms with Crippen LogP contribution in [-0.4, -0.2) is 85.6 Å². The maximum Gasteiger partial charge on any atom is 0.338 e. The van der Waals surface area contributed by atoms with Crippen LogP contribution in [0.15, 0.2) is 45.6 Å². The number of phenols is 3. The minimum atomic E-state index is -1.94. The predicted molar refractivity (Wildman–Crippen MR) is 118 cm³/mol. The minimum Gasteiger partial charge on any atom is -0.508 e. The Hall–Kier alpha value is -3.88. The zero-order valence-electron chi connectivity index (χ0n) is 18.3. The maximum absolute atomic E-state index is 12.6. The molecule has 2 aromatic carbocycles. The Morgan fingerprint density at radius 2 is 1.64 bits per heavy atom. The molecule has 13 heteroatoms. The van der Waals surface area contributed by atoms with Crippen molar-refractivity contribution < 1.29 is 59.2 Å². The molecule has 13 nitrogen and oxygen atoms in total. The number of ether oxygens (including phenoxy) is 3. The fourth-order valence-electron chi connectivity index (χ4n) is 3.62. The van der Waals surface area contributed by atoms with Crippen LogP contribution >= 0.6 is 0 Å². The summed E-state index contributed by atoms with van der Waals surface area (Å²) in [7, 11) is 0. The molecular formula is C23H22O13. The molecule has 1 fully saturated rings. The summed E-state index contributed by atoms with van der Waals surface area (Å²) in [6, 6.07) is 7.78. The Morgan fingerprint density at radius 3 is 2.31 bits per heavy atom. The number of benzene rings is 2. The molecule has 0 amide bonds. The topological polar surface area (TPSA) is 217 Å². The number of phenolic OH excluding ortho intramolecular Hbond substituents is 3. The molecule has 1 aliphatic heterocycles. The van der Waals surface area contributed by atoms with E-state index >= 15 is 0 Å². The van der Waals surface area contributed by atoms with E-state index in [2.05, 4.69) is 4.74 Å². The second-order valence-corrected chi connectivity index (χ2v) is 7.87. The monoisotopic (exact) mass is 506 g/mol. The third-order valence-electron chi connectivity index (χ3n) is 5.46. The Bertz CT molecular complexity index is 1320. The van der Waals surface area contributed by atoms with Gasteiger partial charge >= 0.3 is 5.97 Å².